The third-order valence-electron chi connectivity index (χ3n) is 1.98. The number of ether oxygens (including phenoxy) is 4. The second-order valence-electron chi connectivity index (χ2n) is 3.93. The van der Waals surface area contributed by atoms with Crippen LogP contribution in [-0.4, -0.2) is 36.4 Å². The lowest BCUT2D eigenvalue weighted by atomic mass is 10.3. The van der Waals surface area contributed by atoms with Gasteiger partial charge in [-0.05, 0) is 11.6 Å². The lowest BCUT2D eigenvalue weighted by molar-refractivity contribution is -0.369. The van der Waals surface area contributed by atoms with Crippen LogP contribution >= 0.6 is 11.6 Å². The van der Waals surface area contributed by atoms with Gasteiger partial charge in [0.2, 0.25) is 6.10 Å². The summed E-state index contributed by atoms with van der Waals surface area (Å²) >= 11 is 4.39. The predicted octanol–water partition coefficient (Wildman–Crippen LogP) is 5.30. The molecular formula is C9H5ClF12O4. The Hall–Kier alpha value is -1.29. The van der Waals surface area contributed by atoms with Crippen LogP contribution in [0.3, 0.4) is 0 Å². The van der Waals surface area contributed by atoms with Crippen LogP contribution in [-0.2, 0) is 18.9 Å². The largest absolute Gasteiger partial charge is 0.588 e. The van der Waals surface area contributed by atoms with Crippen molar-refractivity contribution < 1.29 is 71.6 Å². The van der Waals surface area contributed by atoms with Crippen LogP contribution in [0.15, 0.2) is 11.8 Å². The van der Waals surface area contributed by atoms with E-state index in [2.05, 4.69) is 30.5 Å². The molecule has 2 atom stereocenters. The second-order valence-corrected chi connectivity index (χ2v) is 4.45. The van der Waals surface area contributed by atoms with Gasteiger partial charge in [0.1, 0.15) is 0 Å². The molecule has 156 valence electrons. The Balaban J connectivity index is 0.000000464. The lowest BCUT2D eigenvalue weighted by Gasteiger charge is -2.18. The quantitative estimate of drug-likeness (QED) is 0.379. The highest BCUT2D eigenvalue weighted by Crippen LogP contribution is 2.48. The van der Waals surface area contributed by atoms with Crippen LogP contribution < -0.4 is 0 Å². The fourth-order valence-electron chi connectivity index (χ4n) is 1.20. The van der Waals surface area contributed by atoms with Crippen LogP contribution in [0.5, 0.6) is 0 Å². The van der Waals surface area contributed by atoms with E-state index in [0.29, 0.717) is 0 Å². The average Bonchev–Trinajstić information content (AvgIpc) is 2.69. The highest BCUT2D eigenvalue weighted by atomic mass is 35.5. The first-order valence-corrected chi connectivity index (χ1v) is 5.58. The Kier molecular flexibility index (Phi) is 6.68. The molecule has 2 aliphatic heterocycles. The minimum Gasteiger partial charge on any atom is -0.387 e. The zero-order valence-electron chi connectivity index (χ0n) is 10.6. The molecule has 1 fully saturated rings. The molecule has 0 bridgehead atoms. The van der Waals surface area contributed by atoms with Crippen LogP contribution in [0.1, 0.15) is 7.43 Å². The molecule has 0 radical (unpaired) electrons. The summed E-state index contributed by atoms with van der Waals surface area (Å²) in [4.78, 5) is 0. The van der Waals surface area contributed by atoms with Gasteiger partial charge >= 0.3 is 36.3 Å². The summed E-state index contributed by atoms with van der Waals surface area (Å²) in [6.07, 6.45) is -23.4. The minimum absolute atomic E-state index is 0. The Morgan fingerprint density at radius 3 is 1.46 bits per heavy atom. The molecule has 0 saturated carbocycles. The SMILES string of the molecule is C.FC1(F)OC(C(F)(F)F)C(F)(Cl)O1.FC1=C(C(F)(F)F)OC(F)(F)O1. The Bertz CT molecular complexity index is 540. The van der Waals surface area contributed by atoms with E-state index >= 15 is 0 Å². The molecule has 0 aromatic heterocycles. The molecule has 17 heteroatoms. The normalized spacial score (nSPS) is 30.0. The van der Waals surface area contributed by atoms with Gasteiger partial charge in [-0.1, -0.05) is 7.43 Å². The molecule has 2 unspecified atom stereocenters. The van der Waals surface area contributed by atoms with Crippen LogP contribution in [0.25, 0.3) is 0 Å². The first-order chi connectivity index (χ1) is 10.8. The van der Waals surface area contributed by atoms with Crippen molar-refractivity contribution in [2.75, 3.05) is 0 Å². The molecule has 2 heterocycles. The molecule has 4 nitrogen and oxygen atoms in total. The minimum atomic E-state index is -5.36. The fraction of sp³-hybridized carbons (Fsp3) is 0.778. The van der Waals surface area contributed by atoms with Crippen molar-refractivity contribution in [2.24, 2.45) is 0 Å². The highest BCUT2D eigenvalue weighted by molar-refractivity contribution is 6.22. The summed E-state index contributed by atoms with van der Waals surface area (Å²) in [7, 11) is 0. The molecule has 0 spiro atoms. The van der Waals surface area contributed by atoms with Gasteiger partial charge in [-0.25, -0.2) is 4.74 Å². The van der Waals surface area contributed by atoms with Crippen molar-refractivity contribution in [1.29, 1.82) is 0 Å². The molecule has 2 rings (SSSR count). The zero-order valence-corrected chi connectivity index (χ0v) is 11.4. The van der Waals surface area contributed by atoms with Gasteiger partial charge in [0, 0.05) is 0 Å². The average molecular weight is 441 g/mol. The summed E-state index contributed by atoms with van der Waals surface area (Å²) < 4.78 is 153. The topological polar surface area (TPSA) is 36.9 Å². The smallest absolute Gasteiger partial charge is 0.387 e. The molecule has 0 aliphatic carbocycles. The van der Waals surface area contributed by atoms with Gasteiger partial charge < -0.3 is 9.47 Å². The van der Waals surface area contributed by atoms with Gasteiger partial charge in [0.05, 0.1) is 0 Å². The molecule has 2 aliphatic rings. The van der Waals surface area contributed by atoms with E-state index in [1.54, 1.807) is 0 Å². The third kappa shape index (κ3) is 6.15. The van der Waals surface area contributed by atoms with Gasteiger partial charge in [-0.15, -0.1) is 17.6 Å². The Morgan fingerprint density at radius 2 is 1.31 bits per heavy atom. The molecule has 26 heavy (non-hydrogen) atoms. The van der Waals surface area contributed by atoms with Crippen molar-refractivity contribution in [2.45, 2.75) is 43.8 Å². The Labute approximate surface area is 140 Å². The maximum absolute atomic E-state index is 12.5. The number of halogens is 13. The second kappa shape index (κ2) is 7.03. The first kappa shape index (κ1) is 24.7. The van der Waals surface area contributed by atoms with Crippen LogP contribution in [0.2, 0.25) is 0 Å². The molecular weight excluding hydrogens is 436 g/mol. The van der Waals surface area contributed by atoms with Crippen LogP contribution in [0, 0.1) is 0 Å². The molecule has 0 N–H and O–H groups in total. The van der Waals surface area contributed by atoms with E-state index in [1.165, 1.54) is 0 Å². The van der Waals surface area contributed by atoms with Crippen molar-refractivity contribution in [3.8, 4) is 0 Å². The summed E-state index contributed by atoms with van der Waals surface area (Å²) in [5, 5.41) is -4.10. The number of rotatable bonds is 0. The summed E-state index contributed by atoms with van der Waals surface area (Å²) in [6, 6.07) is -2.47. The van der Waals surface area contributed by atoms with Gasteiger partial charge in [-0.3, -0.25) is 4.74 Å². The van der Waals surface area contributed by atoms with Crippen molar-refractivity contribution in [3.63, 3.8) is 0 Å². The maximum atomic E-state index is 12.5. The predicted molar refractivity (Wildman–Crippen MR) is 54.7 cm³/mol. The molecule has 0 amide bonds. The van der Waals surface area contributed by atoms with E-state index in [-0.39, 0.29) is 7.43 Å². The number of alkyl halides is 12. The maximum Gasteiger partial charge on any atom is 0.588 e. The Morgan fingerprint density at radius 1 is 0.846 bits per heavy atom. The first-order valence-electron chi connectivity index (χ1n) is 5.20. The van der Waals surface area contributed by atoms with Gasteiger partial charge in [0.15, 0.2) is 0 Å². The van der Waals surface area contributed by atoms with E-state index in [4.69, 9.17) is 0 Å². The summed E-state index contributed by atoms with van der Waals surface area (Å²) in [6.45, 7) is 0. The number of hydrogen-bond acceptors (Lipinski definition) is 4. The molecule has 1 saturated heterocycles. The number of allylic oxidation sites excluding steroid dienone is 1. The summed E-state index contributed by atoms with van der Waals surface area (Å²) in [5.74, 6) is -2.45. The monoisotopic (exact) mass is 440 g/mol. The fourth-order valence-corrected chi connectivity index (χ4v) is 1.46. The third-order valence-corrected chi connectivity index (χ3v) is 2.25. The zero-order chi connectivity index (χ0) is 20.1. The van der Waals surface area contributed by atoms with E-state index in [0.717, 1.165) is 0 Å². The van der Waals surface area contributed by atoms with E-state index in [1.807, 2.05) is 0 Å². The van der Waals surface area contributed by atoms with Crippen molar-refractivity contribution >= 4 is 11.6 Å². The van der Waals surface area contributed by atoms with Gasteiger partial charge in [-0.2, -0.15) is 35.1 Å². The molecule has 0 aromatic rings. The standard InChI is InChI=1S/C4HClF6O2.C4F6O2.CH4/c5-2(6)1(3(7,8)9)12-4(10,11)13-2;5-2-1(3(6,7)8)11-4(9,10)12-2;/h1H;;1H4. The van der Waals surface area contributed by atoms with Gasteiger partial charge in [0.25, 0.3) is 5.76 Å². The summed E-state index contributed by atoms with van der Waals surface area (Å²) in [5.41, 5.74) is 0. The highest BCUT2D eigenvalue weighted by Gasteiger charge is 2.69. The van der Waals surface area contributed by atoms with Crippen LogP contribution in [0.4, 0.5) is 52.7 Å². The lowest BCUT2D eigenvalue weighted by Crippen LogP contribution is -2.41. The van der Waals surface area contributed by atoms with Crippen molar-refractivity contribution in [1.82, 2.24) is 0 Å². The molecule has 0 aromatic carbocycles. The number of hydrogen-bond donors (Lipinski definition) is 0. The van der Waals surface area contributed by atoms with E-state index in [9.17, 15) is 52.7 Å². The van der Waals surface area contributed by atoms with E-state index < -0.39 is 48.1 Å². The van der Waals surface area contributed by atoms with Crippen molar-refractivity contribution in [3.05, 3.63) is 11.8 Å².